The van der Waals surface area contributed by atoms with E-state index in [-0.39, 0.29) is 10.5 Å². The van der Waals surface area contributed by atoms with Gasteiger partial charge in [-0.05, 0) is 11.6 Å². The summed E-state index contributed by atoms with van der Waals surface area (Å²) in [6, 6.07) is 5.88. The molecule has 7 heteroatoms. The number of primary sulfonamides is 1. The topological polar surface area (TPSA) is 94.3 Å². The summed E-state index contributed by atoms with van der Waals surface area (Å²) in [4.78, 5) is -0.000903. The van der Waals surface area contributed by atoms with Gasteiger partial charge in [-0.1, -0.05) is 18.2 Å². The van der Waals surface area contributed by atoms with Gasteiger partial charge in [0.05, 0.1) is 10.6 Å². The fourth-order valence-electron chi connectivity index (χ4n) is 1.20. The van der Waals surface area contributed by atoms with E-state index in [4.69, 9.17) is 5.14 Å². The Balaban J connectivity index is 3.32. The standard InChI is InChI=1S/C8H11NO4S2/c1-14(10,11)8-5-3-2-4-7(8)6-15(9,12)13/h2-5H,6H2,1H3,(H2,9,12,13). The van der Waals surface area contributed by atoms with Crippen molar-refractivity contribution in [3.8, 4) is 0 Å². The van der Waals surface area contributed by atoms with Gasteiger partial charge < -0.3 is 0 Å². The third kappa shape index (κ3) is 3.61. The first-order valence-corrected chi connectivity index (χ1v) is 7.59. The largest absolute Gasteiger partial charge is 0.228 e. The summed E-state index contributed by atoms with van der Waals surface area (Å²) in [5.74, 6) is -0.476. The summed E-state index contributed by atoms with van der Waals surface area (Å²) in [5, 5.41) is 4.86. The van der Waals surface area contributed by atoms with Crippen molar-refractivity contribution in [2.45, 2.75) is 10.6 Å². The summed E-state index contributed by atoms with van der Waals surface area (Å²) < 4.78 is 44.3. The first-order valence-electron chi connectivity index (χ1n) is 3.98. The van der Waals surface area contributed by atoms with Crippen LogP contribution in [0.1, 0.15) is 5.56 Å². The smallest absolute Gasteiger partial charge is 0.213 e. The van der Waals surface area contributed by atoms with E-state index in [0.29, 0.717) is 0 Å². The Morgan fingerprint density at radius 1 is 1.13 bits per heavy atom. The molecule has 2 N–H and O–H groups in total. The van der Waals surface area contributed by atoms with E-state index < -0.39 is 25.6 Å². The molecule has 0 amide bonds. The van der Waals surface area contributed by atoms with Crippen LogP contribution in [0.5, 0.6) is 0 Å². The Hall–Kier alpha value is -0.920. The van der Waals surface area contributed by atoms with E-state index in [0.717, 1.165) is 6.26 Å². The van der Waals surface area contributed by atoms with Crippen LogP contribution in [0.3, 0.4) is 0 Å². The number of sulfone groups is 1. The van der Waals surface area contributed by atoms with Gasteiger partial charge in [-0.3, -0.25) is 0 Å². The Labute approximate surface area is 88.9 Å². The average Bonchev–Trinajstić information content (AvgIpc) is 1.99. The van der Waals surface area contributed by atoms with Crippen molar-refractivity contribution < 1.29 is 16.8 Å². The second-order valence-corrected chi connectivity index (χ2v) is 6.79. The molecule has 84 valence electrons. The van der Waals surface area contributed by atoms with E-state index in [9.17, 15) is 16.8 Å². The van der Waals surface area contributed by atoms with Gasteiger partial charge in [0.25, 0.3) is 0 Å². The van der Waals surface area contributed by atoms with Gasteiger partial charge in [-0.15, -0.1) is 0 Å². The summed E-state index contributed by atoms with van der Waals surface area (Å²) in [5.41, 5.74) is 0.197. The lowest BCUT2D eigenvalue weighted by molar-refractivity contribution is 0.595. The van der Waals surface area contributed by atoms with Gasteiger partial charge >= 0.3 is 0 Å². The third-order valence-corrected chi connectivity index (χ3v) is 3.64. The van der Waals surface area contributed by atoms with Crippen LogP contribution >= 0.6 is 0 Å². The summed E-state index contributed by atoms with van der Waals surface area (Å²) in [7, 11) is -7.15. The van der Waals surface area contributed by atoms with Gasteiger partial charge in [0.2, 0.25) is 10.0 Å². The zero-order valence-corrected chi connectivity index (χ0v) is 9.68. The minimum Gasteiger partial charge on any atom is -0.228 e. The fourth-order valence-corrected chi connectivity index (χ4v) is 2.92. The predicted molar refractivity (Wildman–Crippen MR) is 56.4 cm³/mol. The molecule has 0 bridgehead atoms. The number of benzene rings is 1. The molecule has 0 fully saturated rings. The van der Waals surface area contributed by atoms with Crippen LogP contribution in [0, 0.1) is 0 Å². The molecule has 0 unspecified atom stereocenters. The number of nitrogens with two attached hydrogens (primary N) is 1. The lowest BCUT2D eigenvalue weighted by Crippen LogP contribution is -2.16. The van der Waals surface area contributed by atoms with Crippen molar-refractivity contribution in [1.29, 1.82) is 0 Å². The first kappa shape index (κ1) is 12.2. The van der Waals surface area contributed by atoms with Crippen molar-refractivity contribution >= 4 is 19.9 Å². The zero-order chi connectivity index (χ0) is 11.7. The maximum atomic E-state index is 11.3. The number of hydrogen-bond donors (Lipinski definition) is 1. The summed E-state index contributed by atoms with van der Waals surface area (Å²) in [6.07, 6.45) is 1.02. The van der Waals surface area contributed by atoms with E-state index in [1.165, 1.54) is 18.2 Å². The maximum Gasteiger partial charge on any atom is 0.213 e. The highest BCUT2D eigenvalue weighted by molar-refractivity contribution is 7.91. The van der Waals surface area contributed by atoms with Crippen LogP contribution in [-0.4, -0.2) is 23.1 Å². The molecule has 1 aromatic carbocycles. The van der Waals surface area contributed by atoms with Crippen LogP contribution in [0.4, 0.5) is 0 Å². The van der Waals surface area contributed by atoms with Crippen LogP contribution in [0.15, 0.2) is 29.2 Å². The van der Waals surface area contributed by atoms with Crippen molar-refractivity contribution in [2.24, 2.45) is 5.14 Å². The van der Waals surface area contributed by atoms with Gasteiger partial charge in [0, 0.05) is 6.26 Å². The van der Waals surface area contributed by atoms with E-state index in [1.54, 1.807) is 6.07 Å². The highest BCUT2D eigenvalue weighted by atomic mass is 32.2. The molecule has 0 aliphatic heterocycles. The molecule has 1 rings (SSSR count). The van der Waals surface area contributed by atoms with Gasteiger partial charge in [-0.2, -0.15) is 0 Å². The van der Waals surface area contributed by atoms with Crippen LogP contribution < -0.4 is 5.14 Å². The number of hydrogen-bond acceptors (Lipinski definition) is 4. The second kappa shape index (κ2) is 3.92. The zero-order valence-electron chi connectivity index (χ0n) is 8.04. The minimum atomic E-state index is -3.72. The molecule has 0 aromatic heterocycles. The summed E-state index contributed by atoms with van der Waals surface area (Å²) in [6.45, 7) is 0. The molecule has 0 atom stereocenters. The minimum absolute atomic E-state index is 0.000903. The monoisotopic (exact) mass is 249 g/mol. The van der Waals surface area contributed by atoms with Gasteiger partial charge in [0.15, 0.2) is 9.84 Å². The van der Waals surface area contributed by atoms with Gasteiger partial charge in [0.1, 0.15) is 0 Å². The maximum absolute atomic E-state index is 11.3. The molecule has 1 aromatic rings. The highest BCUT2D eigenvalue weighted by Crippen LogP contribution is 2.16. The Morgan fingerprint density at radius 3 is 2.13 bits per heavy atom. The Kier molecular flexibility index (Phi) is 3.17. The molecule has 15 heavy (non-hydrogen) atoms. The van der Waals surface area contributed by atoms with E-state index >= 15 is 0 Å². The predicted octanol–water partition coefficient (Wildman–Crippen LogP) is -0.121. The van der Waals surface area contributed by atoms with Crippen molar-refractivity contribution in [3.63, 3.8) is 0 Å². The lowest BCUT2D eigenvalue weighted by atomic mass is 10.2. The molecular weight excluding hydrogens is 238 g/mol. The summed E-state index contributed by atoms with van der Waals surface area (Å²) >= 11 is 0. The second-order valence-electron chi connectivity index (χ2n) is 3.19. The molecule has 0 saturated carbocycles. The Morgan fingerprint density at radius 2 is 1.67 bits per heavy atom. The third-order valence-electron chi connectivity index (χ3n) is 1.73. The SMILES string of the molecule is CS(=O)(=O)c1ccccc1CS(N)(=O)=O. The lowest BCUT2D eigenvalue weighted by Gasteiger charge is -2.05. The van der Waals surface area contributed by atoms with Crippen molar-refractivity contribution in [1.82, 2.24) is 0 Å². The van der Waals surface area contributed by atoms with Crippen LogP contribution in [-0.2, 0) is 25.6 Å². The molecule has 0 saturated heterocycles. The molecular formula is C8H11NO4S2. The number of rotatable bonds is 3. The molecule has 0 heterocycles. The van der Waals surface area contributed by atoms with Crippen molar-refractivity contribution in [2.75, 3.05) is 6.26 Å². The fraction of sp³-hybridized carbons (Fsp3) is 0.250. The Bertz CT molecular complexity index is 560. The number of sulfonamides is 1. The van der Waals surface area contributed by atoms with Crippen molar-refractivity contribution in [3.05, 3.63) is 29.8 Å². The molecule has 0 aliphatic carbocycles. The highest BCUT2D eigenvalue weighted by Gasteiger charge is 2.15. The normalized spacial score (nSPS) is 12.7. The van der Waals surface area contributed by atoms with E-state index in [2.05, 4.69) is 0 Å². The molecule has 5 nitrogen and oxygen atoms in total. The van der Waals surface area contributed by atoms with Crippen LogP contribution in [0.2, 0.25) is 0 Å². The molecule has 0 aliphatic rings. The van der Waals surface area contributed by atoms with Gasteiger partial charge in [-0.25, -0.2) is 22.0 Å². The molecule has 0 spiro atoms. The van der Waals surface area contributed by atoms with Crippen LogP contribution in [0.25, 0.3) is 0 Å². The molecule has 0 radical (unpaired) electrons. The quantitative estimate of drug-likeness (QED) is 0.808. The first-order chi connectivity index (χ1) is 6.70. The van der Waals surface area contributed by atoms with E-state index in [1.807, 2.05) is 0 Å². The average molecular weight is 249 g/mol.